The van der Waals surface area contributed by atoms with Gasteiger partial charge in [0.05, 0.1) is 11.5 Å². The molecule has 1 aliphatic heterocycles. The quantitative estimate of drug-likeness (QED) is 0.601. The van der Waals surface area contributed by atoms with Gasteiger partial charge < -0.3 is 9.64 Å². The van der Waals surface area contributed by atoms with Crippen LogP contribution in [0.4, 0.5) is 0 Å². The lowest BCUT2D eigenvalue weighted by Gasteiger charge is -2.28. The highest BCUT2D eigenvalue weighted by molar-refractivity contribution is 7.91. The van der Waals surface area contributed by atoms with E-state index in [4.69, 9.17) is 4.74 Å². The highest BCUT2D eigenvalue weighted by atomic mass is 32.2. The van der Waals surface area contributed by atoms with Gasteiger partial charge in [0, 0.05) is 12.6 Å². The van der Waals surface area contributed by atoms with Gasteiger partial charge in [0.1, 0.15) is 5.75 Å². The van der Waals surface area contributed by atoms with Crippen molar-refractivity contribution in [3.63, 3.8) is 0 Å². The number of hydrogen-bond donors (Lipinski definition) is 0. The van der Waals surface area contributed by atoms with Crippen molar-refractivity contribution in [3.05, 3.63) is 65.2 Å². The van der Waals surface area contributed by atoms with E-state index in [2.05, 4.69) is 39.8 Å². The van der Waals surface area contributed by atoms with E-state index in [1.807, 2.05) is 36.4 Å². The summed E-state index contributed by atoms with van der Waals surface area (Å²) in [6.07, 6.45) is 0.473. The Hall–Kier alpha value is -2.34. The minimum absolute atomic E-state index is 0.0197. The van der Waals surface area contributed by atoms with Gasteiger partial charge in [-0.15, -0.1) is 0 Å². The molecule has 1 amide bonds. The molecule has 1 fully saturated rings. The maximum atomic E-state index is 13.1. The number of benzene rings is 2. The van der Waals surface area contributed by atoms with E-state index < -0.39 is 9.84 Å². The second-order valence-corrected chi connectivity index (χ2v) is 11.2. The molecular weight excluding hydrogens is 410 g/mol. The first kappa shape index (κ1) is 23.3. The number of rotatable bonds is 8. The van der Waals surface area contributed by atoms with Crippen molar-refractivity contribution in [3.8, 4) is 5.75 Å². The number of hydrogen-bond acceptors (Lipinski definition) is 4. The molecule has 0 bridgehead atoms. The molecule has 0 aromatic heterocycles. The Labute approximate surface area is 186 Å². The number of amides is 1. The van der Waals surface area contributed by atoms with Crippen molar-refractivity contribution in [2.45, 2.75) is 58.5 Å². The predicted octanol–water partition coefficient (Wildman–Crippen LogP) is 4.53. The summed E-state index contributed by atoms with van der Waals surface area (Å²) < 4.78 is 29.8. The highest BCUT2D eigenvalue weighted by Gasteiger charge is 2.34. The molecule has 6 heteroatoms. The lowest BCUT2D eigenvalue weighted by atomic mass is 10.0. The van der Waals surface area contributed by atoms with Crippen molar-refractivity contribution in [1.29, 1.82) is 0 Å². The Kier molecular flexibility index (Phi) is 7.42. The zero-order valence-corrected chi connectivity index (χ0v) is 19.7. The van der Waals surface area contributed by atoms with E-state index in [0.29, 0.717) is 30.6 Å². The van der Waals surface area contributed by atoms with Crippen molar-refractivity contribution in [2.24, 2.45) is 0 Å². The second-order valence-electron chi connectivity index (χ2n) is 8.99. The maximum absolute atomic E-state index is 13.1. The number of sulfone groups is 1. The third-order valence-corrected chi connectivity index (χ3v) is 7.63. The summed E-state index contributed by atoms with van der Waals surface area (Å²) in [5, 5.41) is 0. The lowest BCUT2D eigenvalue weighted by Crippen LogP contribution is -2.43. The molecule has 1 heterocycles. The minimum atomic E-state index is -3.10. The normalized spacial score (nSPS) is 17.8. The summed E-state index contributed by atoms with van der Waals surface area (Å²) in [7, 11) is -3.10. The smallest absolute Gasteiger partial charge is 0.261 e. The summed E-state index contributed by atoms with van der Waals surface area (Å²) in [4.78, 5) is 14.8. The fourth-order valence-electron chi connectivity index (χ4n) is 3.82. The van der Waals surface area contributed by atoms with Gasteiger partial charge in [0.2, 0.25) is 0 Å². The summed E-state index contributed by atoms with van der Waals surface area (Å²) in [5.74, 6) is 1.46. The summed E-state index contributed by atoms with van der Waals surface area (Å²) in [5.41, 5.74) is 3.43. The van der Waals surface area contributed by atoms with Crippen LogP contribution in [-0.4, -0.2) is 43.4 Å². The zero-order valence-electron chi connectivity index (χ0n) is 18.9. The first-order valence-corrected chi connectivity index (χ1v) is 12.8. The molecule has 0 saturated carbocycles. The molecule has 168 valence electrons. The number of nitrogens with zero attached hydrogens (tertiary/aromatic N) is 1. The van der Waals surface area contributed by atoms with Crippen molar-refractivity contribution < 1.29 is 17.9 Å². The molecule has 1 saturated heterocycles. The van der Waals surface area contributed by atoms with E-state index in [-0.39, 0.29) is 30.1 Å². The predicted molar refractivity (Wildman–Crippen MR) is 124 cm³/mol. The van der Waals surface area contributed by atoms with Crippen molar-refractivity contribution >= 4 is 15.7 Å². The van der Waals surface area contributed by atoms with E-state index >= 15 is 0 Å². The van der Waals surface area contributed by atoms with Crippen molar-refractivity contribution in [2.75, 3.05) is 18.1 Å². The molecule has 1 atom stereocenters. The van der Waals surface area contributed by atoms with Crippen LogP contribution < -0.4 is 4.74 Å². The Morgan fingerprint density at radius 1 is 0.968 bits per heavy atom. The van der Waals surface area contributed by atoms with Gasteiger partial charge >= 0.3 is 0 Å². The van der Waals surface area contributed by atoms with E-state index in [9.17, 15) is 13.2 Å². The molecule has 31 heavy (non-hydrogen) atoms. The average Bonchev–Trinajstić information content (AvgIpc) is 3.10. The first-order valence-electron chi connectivity index (χ1n) is 11.0. The van der Waals surface area contributed by atoms with Crippen LogP contribution in [0.5, 0.6) is 5.75 Å². The lowest BCUT2D eigenvalue weighted by molar-refractivity contribution is -0.136. The largest absolute Gasteiger partial charge is 0.484 e. The van der Waals surface area contributed by atoms with Gasteiger partial charge in [0.15, 0.2) is 16.4 Å². The van der Waals surface area contributed by atoms with Gasteiger partial charge in [-0.1, -0.05) is 64.1 Å². The van der Waals surface area contributed by atoms with Gasteiger partial charge in [-0.2, -0.15) is 0 Å². The number of ether oxygens (including phenoxy) is 1. The molecular formula is C25H33NO4S. The Balaban J connectivity index is 1.71. The molecule has 2 aromatic carbocycles. The summed E-state index contributed by atoms with van der Waals surface area (Å²) >= 11 is 0. The SMILES string of the molecule is CC(C)c1ccc(CN(C(=O)COc2ccc(C(C)C)cc2)[C@H]2CCS(=O)(=O)C2)cc1. The van der Waals surface area contributed by atoms with Crippen LogP contribution in [0, 0.1) is 0 Å². The Bertz CT molecular complexity index is 979. The maximum Gasteiger partial charge on any atom is 0.261 e. The van der Waals surface area contributed by atoms with Gasteiger partial charge in [0.25, 0.3) is 5.91 Å². The zero-order chi connectivity index (χ0) is 22.6. The molecule has 3 rings (SSSR count). The standard InChI is InChI=1S/C25H33NO4S/c1-18(2)21-7-5-20(6-8-21)15-26(23-13-14-31(28,29)17-23)25(27)16-30-24-11-9-22(10-12-24)19(3)4/h5-12,18-19,23H,13-17H2,1-4H3/t23-/m0/s1. The fraction of sp³-hybridized carbons (Fsp3) is 0.480. The molecule has 0 N–H and O–H groups in total. The third kappa shape index (κ3) is 6.33. The molecule has 0 radical (unpaired) electrons. The monoisotopic (exact) mass is 443 g/mol. The minimum Gasteiger partial charge on any atom is -0.484 e. The molecule has 0 aliphatic carbocycles. The van der Waals surface area contributed by atoms with Crippen molar-refractivity contribution in [1.82, 2.24) is 4.90 Å². The average molecular weight is 444 g/mol. The van der Waals surface area contributed by atoms with Gasteiger partial charge in [-0.05, 0) is 47.1 Å². The molecule has 5 nitrogen and oxygen atoms in total. The fourth-order valence-corrected chi connectivity index (χ4v) is 5.55. The summed E-state index contributed by atoms with van der Waals surface area (Å²) in [6, 6.07) is 15.6. The van der Waals surface area contributed by atoms with Gasteiger partial charge in [-0.3, -0.25) is 4.79 Å². The van der Waals surface area contributed by atoms with Crippen LogP contribution in [-0.2, 0) is 21.2 Å². The first-order chi connectivity index (χ1) is 14.6. The summed E-state index contributed by atoms with van der Waals surface area (Å²) in [6.45, 7) is 8.80. The van der Waals surface area contributed by atoms with E-state index in [0.717, 1.165) is 5.56 Å². The highest BCUT2D eigenvalue weighted by Crippen LogP contribution is 2.23. The van der Waals surface area contributed by atoms with Crippen LogP contribution in [0.1, 0.15) is 62.6 Å². The Morgan fingerprint density at radius 2 is 1.52 bits per heavy atom. The number of carbonyl (C=O) groups excluding carboxylic acids is 1. The Morgan fingerprint density at radius 3 is 2.00 bits per heavy atom. The van der Waals surface area contributed by atoms with Gasteiger partial charge in [-0.25, -0.2) is 8.42 Å². The molecule has 2 aromatic rings. The molecule has 1 aliphatic rings. The van der Waals surface area contributed by atoms with E-state index in [1.165, 1.54) is 11.1 Å². The van der Waals surface area contributed by atoms with Crippen LogP contribution >= 0.6 is 0 Å². The number of carbonyl (C=O) groups is 1. The van der Waals surface area contributed by atoms with Crippen LogP contribution in [0.2, 0.25) is 0 Å². The second kappa shape index (κ2) is 9.86. The topological polar surface area (TPSA) is 63.7 Å². The van der Waals surface area contributed by atoms with Crippen LogP contribution in [0.25, 0.3) is 0 Å². The third-order valence-electron chi connectivity index (χ3n) is 5.88. The van der Waals surface area contributed by atoms with Crippen LogP contribution in [0.15, 0.2) is 48.5 Å². The van der Waals surface area contributed by atoms with Crippen LogP contribution in [0.3, 0.4) is 0 Å². The molecule has 0 unspecified atom stereocenters. The van der Waals surface area contributed by atoms with E-state index in [1.54, 1.807) is 4.90 Å². The molecule has 0 spiro atoms.